The third-order valence-corrected chi connectivity index (χ3v) is 4.65. The molecule has 0 aliphatic heterocycles. The lowest BCUT2D eigenvalue weighted by Gasteiger charge is -2.06. The lowest BCUT2D eigenvalue weighted by Crippen LogP contribution is -2.30. The normalized spacial score (nSPS) is 10.8. The van der Waals surface area contributed by atoms with Crippen molar-refractivity contribution in [2.45, 2.75) is 6.54 Å². The molecule has 3 rings (SSSR count). The Morgan fingerprint density at radius 2 is 2.15 bits per heavy atom. The number of hydrogen-bond acceptors (Lipinski definition) is 6. The van der Waals surface area contributed by atoms with Crippen LogP contribution in [0.3, 0.4) is 0 Å². The molecule has 0 saturated carbocycles. The number of nitrogens with two attached hydrogens (primary N) is 1. The van der Waals surface area contributed by atoms with E-state index in [1.54, 1.807) is 17.5 Å². The van der Waals surface area contributed by atoms with Crippen LogP contribution in [0.2, 0.25) is 0 Å². The molecule has 0 atom stereocenters. The van der Waals surface area contributed by atoms with Gasteiger partial charge in [-0.2, -0.15) is 0 Å². The molecule has 8 heteroatoms. The van der Waals surface area contributed by atoms with Crippen molar-refractivity contribution in [1.82, 2.24) is 15.0 Å². The van der Waals surface area contributed by atoms with Crippen LogP contribution in [-0.4, -0.2) is 15.5 Å². The maximum Gasteiger partial charge on any atom is 0.275 e. The minimum atomic E-state index is -0.354. The van der Waals surface area contributed by atoms with Gasteiger partial charge in [0.2, 0.25) is 0 Å². The molecule has 0 saturated heterocycles. The fraction of sp³-hybridized carbons (Fsp3) is 0.0833. The van der Waals surface area contributed by atoms with E-state index in [2.05, 4.69) is 10.4 Å². The highest BCUT2D eigenvalue weighted by Gasteiger charge is 2.13. The van der Waals surface area contributed by atoms with Crippen molar-refractivity contribution in [3.8, 4) is 0 Å². The van der Waals surface area contributed by atoms with E-state index in [9.17, 15) is 9.59 Å². The van der Waals surface area contributed by atoms with Gasteiger partial charge in [0.25, 0.3) is 11.5 Å². The quantitative estimate of drug-likeness (QED) is 0.432. The molecule has 1 amide bonds. The van der Waals surface area contributed by atoms with Gasteiger partial charge in [-0.25, -0.2) is 10.8 Å². The number of nitrogen functional groups attached to an aromatic ring is 1. The molecule has 0 radical (unpaired) electrons. The van der Waals surface area contributed by atoms with Crippen LogP contribution in [-0.2, 0) is 6.54 Å². The van der Waals surface area contributed by atoms with Crippen LogP contribution < -0.4 is 16.8 Å². The topological polar surface area (TPSA) is 90.0 Å². The Bertz CT molecular complexity index is 833. The third-order valence-electron chi connectivity index (χ3n) is 2.88. The van der Waals surface area contributed by atoms with Crippen LogP contribution in [0, 0.1) is 0 Å². The zero-order valence-electron chi connectivity index (χ0n) is 10.2. The summed E-state index contributed by atoms with van der Waals surface area (Å²) in [5.41, 5.74) is 2.74. The first-order chi connectivity index (χ1) is 9.70. The van der Waals surface area contributed by atoms with Crippen LogP contribution in [0.5, 0.6) is 0 Å². The van der Waals surface area contributed by atoms with E-state index < -0.39 is 0 Å². The van der Waals surface area contributed by atoms with Crippen molar-refractivity contribution in [1.29, 1.82) is 0 Å². The summed E-state index contributed by atoms with van der Waals surface area (Å²) in [6, 6.07) is 3.56. The van der Waals surface area contributed by atoms with Crippen molar-refractivity contribution < 1.29 is 4.79 Å². The van der Waals surface area contributed by atoms with Gasteiger partial charge in [0.05, 0.1) is 23.1 Å². The fourth-order valence-corrected chi connectivity index (χ4v) is 3.46. The lowest BCUT2D eigenvalue weighted by molar-refractivity contribution is 0.0957. The molecule has 0 bridgehead atoms. The van der Waals surface area contributed by atoms with Gasteiger partial charge in [0.1, 0.15) is 4.83 Å². The number of amides is 1. The van der Waals surface area contributed by atoms with Gasteiger partial charge >= 0.3 is 0 Å². The minimum Gasteiger partial charge on any atom is -0.294 e. The summed E-state index contributed by atoms with van der Waals surface area (Å²) in [5, 5.41) is 4.22. The summed E-state index contributed by atoms with van der Waals surface area (Å²) in [7, 11) is 0. The molecule has 0 fully saturated rings. The van der Waals surface area contributed by atoms with Gasteiger partial charge in [-0.3, -0.25) is 19.6 Å². The summed E-state index contributed by atoms with van der Waals surface area (Å²) in [6.07, 6.45) is 1.50. The highest BCUT2D eigenvalue weighted by molar-refractivity contribution is 7.16. The van der Waals surface area contributed by atoms with Crippen molar-refractivity contribution >= 4 is 38.8 Å². The van der Waals surface area contributed by atoms with E-state index >= 15 is 0 Å². The molecule has 20 heavy (non-hydrogen) atoms. The molecule has 0 spiro atoms. The van der Waals surface area contributed by atoms with E-state index in [0.717, 1.165) is 10.4 Å². The monoisotopic (exact) mass is 306 g/mol. The Morgan fingerprint density at radius 3 is 2.95 bits per heavy atom. The molecule has 102 valence electrons. The molecule has 0 aromatic carbocycles. The van der Waals surface area contributed by atoms with Crippen molar-refractivity contribution in [2.24, 2.45) is 5.84 Å². The Balaban J connectivity index is 2.02. The largest absolute Gasteiger partial charge is 0.294 e. The maximum atomic E-state index is 12.3. The summed E-state index contributed by atoms with van der Waals surface area (Å²) in [6.45, 7) is 0.296. The van der Waals surface area contributed by atoms with Gasteiger partial charge in [0.15, 0.2) is 0 Å². The Labute approximate surface area is 121 Å². The third kappa shape index (κ3) is 2.13. The van der Waals surface area contributed by atoms with E-state index in [1.165, 1.54) is 33.6 Å². The van der Waals surface area contributed by atoms with Crippen LogP contribution in [0.4, 0.5) is 0 Å². The van der Waals surface area contributed by atoms with Crippen LogP contribution in [0.1, 0.15) is 15.2 Å². The maximum absolute atomic E-state index is 12.3. The van der Waals surface area contributed by atoms with Gasteiger partial charge in [0, 0.05) is 0 Å². The zero-order valence-corrected chi connectivity index (χ0v) is 11.8. The average molecular weight is 306 g/mol. The molecule has 0 aliphatic rings. The number of hydrazine groups is 1. The predicted octanol–water partition coefficient (Wildman–Crippen LogP) is 1.17. The van der Waals surface area contributed by atoms with E-state index in [4.69, 9.17) is 5.84 Å². The molecular weight excluding hydrogens is 296 g/mol. The molecular formula is C12H10N4O2S2. The van der Waals surface area contributed by atoms with Crippen molar-refractivity contribution in [2.75, 3.05) is 0 Å². The summed E-state index contributed by atoms with van der Waals surface area (Å²) in [5.74, 6) is 4.79. The lowest BCUT2D eigenvalue weighted by atomic mass is 10.2. The fourth-order valence-electron chi connectivity index (χ4n) is 1.91. The Kier molecular flexibility index (Phi) is 3.35. The van der Waals surface area contributed by atoms with E-state index in [0.29, 0.717) is 16.8 Å². The number of carbonyl (C=O) groups excluding carboxylic acids is 1. The number of thiophene rings is 2. The first kappa shape index (κ1) is 13.0. The van der Waals surface area contributed by atoms with E-state index in [1.807, 2.05) is 5.38 Å². The van der Waals surface area contributed by atoms with Gasteiger partial charge < -0.3 is 0 Å². The number of carbonyl (C=O) groups is 1. The van der Waals surface area contributed by atoms with Crippen LogP contribution in [0.25, 0.3) is 10.2 Å². The predicted molar refractivity (Wildman–Crippen MR) is 79.0 cm³/mol. The summed E-state index contributed by atoms with van der Waals surface area (Å²) >= 11 is 2.71. The second-order valence-electron chi connectivity index (χ2n) is 4.07. The van der Waals surface area contributed by atoms with Crippen LogP contribution in [0.15, 0.2) is 34.0 Å². The van der Waals surface area contributed by atoms with Crippen LogP contribution >= 0.6 is 22.7 Å². The number of aromatic nitrogens is 2. The second kappa shape index (κ2) is 5.16. The average Bonchev–Trinajstić information content (AvgIpc) is 3.10. The highest BCUT2D eigenvalue weighted by atomic mass is 32.1. The Hall–Kier alpha value is -2.03. The Morgan fingerprint density at radius 1 is 1.35 bits per heavy atom. The van der Waals surface area contributed by atoms with Gasteiger partial charge in [-0.05, 0) is 28.5 Å². The molecule has 0 unspecified atom stereocenters. The number of fused-ring (bicyclic) bond motifs is 1. The smallest absolute Gasteiger partial charge is 0.275 e. The molecule has 3 aromatic rings. The molecule has 3 heterocycles. The molecule has 0 aliphatic carbocycles. The second-order valence-corrected chi connectivity index (χ2v) is 5.88. The number of nitrogens with one attached hydrogen (secondary N) is 1. The standard InChI is InChI=1S/C12H10N4O2S2/c13-15-10(17)9-7(1-3-19-9)5-16-6-14-11-8(12(16)18)2-4-20-11/h1-4,6H,5,13H2,(H,15,17). The molecule has 3 N–H and O–H groups in total. The van der Waals surface area contributed by atoms with Crippen molar-refractivity contribution in [3.05, 3.63) is 50.0 Å². The SMILES string of the molecule is NNC(=O)c1sccc1Cn1cnc2sccc2c1=O. The van der Waals surface area contributed by atoms with E-state index in [-0.39, 0.29) is 11.5 Å². The number of rotatable bonds is 3. The molecule has 6 nitrogen and oxygen atoms in total. The van der Waals surface area contributed by atoms with Gasteiger partial charge in [-0.1, -0.05) is 0 Å². The first-order valence-electron chi connectivity index (χ1n) is 5.70. The zero-order chi connectivity index (χ0) is 14.1. The molecule has 3 aromatic heterocycles. The highest BCUT2D eigenvalue weighted by Crippen LogP contribution is 2.18. The first-order valence-corrected chi connectivity index (χ1v) is 7.46. The van der Waals surface area contributed by atoms with Crippen molar-refractivity contribution in [3.63, 3.8) is 0 Å². The summed E-state index contributed by atoms with van der Waals surface area (Å²) in [4.78, 5) is 29.3. The summed E-state index contributed by atoms with van der Waals surface area (Å²) < 4.78 is 1.49. The number of hydrogen-bond donors (Lipinski definition) is 2. The number of nitrogens with zero attached hydrogens (tertiary/aromatic N) is 2. The minimum absolute atomic E-state index is 0.110. The van der Waals surface area contributed by atoms with Gasteiger partial charge in [-0.15, -0.1) is 22.7 Å².